The molecular weight excluding hydrogens is 180 g/mol. The maximum Gasteiger partial charge on any atom is 0.213 e. The standard InChI is InChI=1S/C9H16N4O/c1-2-8(4-10-3-1)5-11-6-9-12-7-14-13-9/h7-8,10-11H,1-6H2. The van der Waals surface area contributed by atoms with Gasteiger partial charge in [-0.3, -0.25) is 0 Å². The van der Waals surface area contributed by atoms with Gasteiger partial charge in [0, 0.05) is 0 Å². The maximum atomic E-state index is 4.64. The van der Waals surface area contributed by atoms with Crippen molar-refractivity contribution in [3.8, 4) is 0 Å². The normalized spacial score (nSPS) is 22.4. The van der Waals surface area contributed by atoms with Gasteiger partial charge in [-0.1, -0.05) is 5.16 Å². The summed E-state index contributed by atoms with van der Waals surface area (Å²) in [5.41, 5.74) is 0. The quantitative estimate of drug-likeness (QED) is 0.718. The summed E-state index contributed by atoms with van der Waals surface area (Å²) in [7, 11) is 0. The van der Waals surface area contributed by atoms with Gasteiger partial charge in [-0.2, -0.15) is 4.98 Å². The molecule has 1 aliphatic heterocycles. The molecule has 1 aliphatic rings. The number of nitrogens with one attached hydrogen (secondary N) is 2. The van der Waals surface area contributed by atoms with Gasteiger partial charge in [-0.15, -0.1) is 0 Å². The van der Waals surface area contributed by atoms with E-state index in [0.29, 0.717) is 6.54 Å². The van der Waals surface area contributed by atoms with Gasteiger partial charge in [0.15, 0.2) is 5.82 Å². The van der Waals surface area contributed by atoms with E-state index in [1.807, 2.05) is 0 Å². The van der Waals surface area contributed by atoms with Crippen molar-refractivity contribution in [2.24, 2.45) is 5.92 Å². The van der Waals surface area contributed by atoms with Crippen molar-refractivity contribution < 1.29 is 4.52 Å². The second kappa shape index (κ2) is 5.07. The summed E-state index contributed by atoms with van der Waals surface area (Å²) in [5, 5.41) is 10.5. The molecule has 0 spiro atoms. The summed E-state index contributed by atoms with van der Waals surface area (Å²) in [6, 6.07) is 0. The molecule has 2 N–H and O–H groups in total. The summed E-state index contributed by atoms with van der Waals surface area (Å²) in [5.74, 6) is 1.48. The van der Waals surface area contributed by atoms with Crippen molar-refractivity contribution in [2.75, 3.05) is 19.6 Å². The molecule has 0 aromatic carbocycles. The molecule has 1 saturated heterocycles. The molecule has 0 aliphatic carbocycles. The first-order valence-electron chi connectivity index (χ1n) is 5.12. The highest BCUT2D eigenvalue weighted by atomic mass is 16.5. The lowest BCUT2D eigenvalue weighted by Crippen LogP contribution is -2.35. The Morgan fingerprint density at radius 2 is 2.64 bits per heavy atom. The van der Waals surface area contributed by atoms with E-state index >= 15 is 0 Å². The first kappa shape index (κ1) is 9.61. The molecular formula is C9H16N4O. The fraction of sp³-hybridized carbons (Fsp3) is 0.778. The van der Waals surface area contributed by atoms with Crippen LogP contribution in [0.5, 0.6) is 0 Å². The van der Waals surface area contributed by atoms with E-state index < -0.39 is 0 Å². The van der Waals surface area contributed by atoms with Crippen LogP contribution in [0, 0.1) is 5.92 Å². The largest absolute Gasteiger partial charge is 0.343 e. The monoisotopic (exact) mass is 196 g/mol. The fourth-order valence-electron chi connectivity index (χ4n) is 1.76. The Balaban J connectivity index is 1.62. The zero-order chi connectivity index (χ0) is 9.64. The van der Waals surface area contributed by atoms with Crippen LogP contribution in [-0.4, -0.2) is 29.8 Å². The van der Waals surface area contributed by atoms with Gasteiger partial charge in [-0.05, 0) is 38.4 Å². The fourth-order valence-corrected chi connectivity index (χ4v) is 1.76. The van der Waals surface area contributed by atoms with Crippen molar-refractivity contribution in [3.63, 3.8) is 0 Å². The van der Waals surface area contributed by atoms with Gasteiger partial charge >= 0.3 is 0 Å². The Kier molecular flexibility index (Phi) is 3.48. The number of hydrogen-bond donors (Lipinski definition) is 2. The molecule has 0 radical (unpaired) electrons. The van der Waals surface area contributed by atoms with Crippen LogP contribution in [0.2, 0.25) is 0 Å². The third-order valence-electron chi connectivity index (χ3n) is 2.52. The molecule has 1 atom stereocenters. The molecule has 2 rings (SSSR count). The molecule has 1 aromatic rings. The van der Waals surface area contributed by atoms with Crippen LogP contribution < -0.4 is 10.6 Å². The van der Waals surface area contributed by atoms with Crippen LogP contribution in [0.1, 0.15) is 18.7 Å². The third kappa shape index (κ3) is 2.78. The lowest BCUT2D eigenvalue weighted by Gasteiger charge is -2.22. The van der Waals surface area contributed by atoms with Crippen molar-refractivity contribution >= 4 is 0 Å². The van der Waals surface area contributed by atoms with Crippen molar-refractivity contribution in [1.82, 2.24) is 20.8 Å². The van der Waals surface area contributed by atoms with E-state index in [9.17, 15) is 0 Å². The van der Waals surface area contributed by atoms with Crippen LogP contribution in [0.15, 0.2) is 10.9 Å². The summed E-state index contributed by atoms with van der Waals surface area (Å²) in [6.45, 7) is 4.02. The van der Waals surface area contributed by atoms with Gasteiger partial charge in [-0.25, -0.2) is 0 Å². The van der Waals surface area contributed by atoms with E-state index in [1.54, 1.807) is 0 Å². The molecule has 0 bridgehead atoms. The molecule has 2 heterocycles. The highest BCUT2D eigenvalue weighted by Crippen LogP contribution is 2.08. The molecule has 78 valence electrons. The van der Waals surface area contributed by atoms with Gasteiger partial charge < -0.3 is 15.2 Å². The first-order chi connectivity index (χ1) is 6.95. The Bertz CT molecular complexity index is 243. The van der Waals surface area contributed by atoms with Crippen molar-refractivity contribution in [3.05, 3.63) is 12.2 Å². The predicted octanol–water partition coefficient (Wildman–Crippen LogP) is 0.159. The maximum absolute atomic E-state index is 4.64. The van der Waals surface area contributed by atoms with Crippen LogP contribution in [-0.2, 0) is 6.54 Å². The molecule has 1 unspecified atom stereocenters. The van der Waals surface area contributed by atoms with Gasteiger partial charge in [0.05, 0.1) is 6.54 Å². The SMILES string of the molecule is c1nc(CNCC2CCCNC2)no1. The zero-order valence-electron chi connectivity index (χ0n) is 8.20. The zero-order valence-corrected chi connectivity index (χ0v) is 8.20. The average molecular weight is 196 g/mol. The number of hydrogen-bond acceptors (Lipinski definition) is 5. The minimum absolute atomic E-state index is 0.701. The van der Waals surface area contributed by atoms with Crippen LogP contribution in [0.3, 0.4) is 0 Å². The summed E-state index contributed by atoms with van der Waals surface area (Å²) >= 11 is 0. The van der Waals surface area contributed by atoms with Crippen LogP contribution >= 0.6 is 0 Å². The Morgan fingerprint density at radius 1 is 1.64 bits per heavy atom. The molecule has 0 amide bonds. The minimum atomic E-state index is 0.701. The van der Waals surface area contributed by atoms with Crippen molar-refractivity contribution in [2.45, 2.75) is 19.4 Å². The number of nitrogens with zero attached hydrogens (tertiary/aromatic N) is 2. The summed E-state index contributed by atoms with van der Waals surface area (Å²) in [4.78, 5) is 3.94. The minimum Gasteiger partial charge on any atom is -0.343 e. The molecule has 0 saturated carbocycles. The lowest BCUT2D eigenvalue weighted by molar-refractivity contribution is 0.355. The van der Waals surface area contributed by atoms with Crippen LogP contribution in [0.25, 0.3) is 0 Å². The Morgan fingerprint density at radius 3 is 3.36 bits per heavy atom. The van der Waals surface area contributed by atoms with E-state index in [1.165, 1.54) is 25.8 Å². The van der Waals surface area contributed by atoms with E-state index in [0.717, 1.165) is 24.8 Å². The molecule has 5 nitrogen and oxygen atoms in total. The smallest absolute Gasteiger partial charge is 0.213 e. The first-order valence-corrected chi connectivity index (χ1v) is 5.12. The molecule has 1 fully saturated rings. The Hall–Kier alpha value is -0.940. The van der Waals surface area contributed by atoms with Gasteiger partial charge in [0.25, 0.3) is 0 Å². The predicted molar refractivity (Wildman–Crippen MR) is 51.6 cm³/mol. The van der Waals surface area contributed by atoms with Gasteiger partial charge in [0.2, 0.25) is 6.39 Å². The summed E-state index contributed by atoms with van der Waals surface area (Å²) < 4.78 is 4.64. The molecule has 5 heteroatoms. The summed E-state index contributed by atoms with van der Waals surface area (Å²) in [6.07, 6.45) is 3.96. The second-order valence-electron chi connectivity index (χ2n) is 3.69. The molecule has 1 aromatic heterocycles. The van der Waals surface area contributed by atoms with Crippen LogP contribution in [0.4, 0.5) is 0 Å². The van der Waals surface area contributed by atoms with Gasteiger partial charge in [0.1, 0.15) is 0 Å². The Labute approximate surface area is 83.3 Å². The third-order valence-corrected chi connectivity index (χ3v) is 2.52. The van der Waals surface area contributed by atoms with E-state index in [4.69, 9.17) is 0 Å². The van der Waals surface area contributed by atoms with E-state index in [2.05, 4.69) is 25.3 Å². The lowest BCUT2D eigenvalue weighted by atomic mass is 10.00. The number of aromatic nitrogens is 2. The second-order valence-corrected chi connectivity index (χ2v) is 3.69. The highest BCUT2D eigenvalue weighted by Gasteiger charge is 2.12. The number of rotatable bonds is 4. The topological polar surface area (TPSA) is 63.0 Å². The van der Waals surface area contributed by atoms with E-state index in [-0.39, 0.29) is 0 Å². The highest BCUT2D eigenvalue weighted by molar-refractivity contribution is 4.78. The number of piperidine rings is 1. The van der Waals surface area contributed by atoms with Crippen molar-refractivity contribution in [1.29, 1.82) is 0 Å². The molecule has 14 heavy (non-hydrogen) atoms. The average Bonchev–Trinajstić information content (AvgIpc) is 2.72.